The number of hydrogen-bond donors (Lipinski definition) is 0. The molecule has 2 aliphatic carbocycles. The number of anilines is 3. The van der Waals surface area contributed by atoms with E-state index < -0.39 is 0 Å². The van der Waals surface area contributed by atoms with Crippen LogP contribution >= 0.6 is 0 Å². The minimum atomic E-state index is -0.128. The number of benzene rings is 7. The Balaban J connectivity index is 1.37. The maximum Gasteiger partial charge on any atom is 0.0543 e. The zero-order chi connectivity index (χ0) is 31.9. The number of rotatable bonds is 4. The van der Waals surface area contributed by atoms with Crippen LogP contribution in [0.25, 0.3) is 44.2 Å². The molecule has 0 unspecified atom stereocenters. The van der Waals surface area contributed by atoms with Gasteiger partial charge in [-0.05, 0) is 79.7 Å². The van der Waals surface area contributed by atoms with Gasteiger partial charge in [0.25, 0.3) is 0 Å². The molecule has 2 aliphatic rings. The van der Waals surface area contributed by atoms with Gasteiger partial charge in [-0.1, -0.05) is 155 Å². The topological polar surface area (TPSA) is 3.24 Å². The molecule has 47 heavy (non-hydrogen) atoms. The van der Waals surface area contributed by atoms with Crippen LogP contribution in [0.1, 0.15) is 49.9 Å². The highest BCUT2D eigenvalue weighted by Crippen LogP contribution is 2.56. The van der Waals surface area contributed by atoms with Crippen molar-refractivity contribution in [1.29, 1.82) is 0 Å². The molecule has 0 fully saturated rings. The summed E-state index contributed by atoms with van der Waals surface area (Å²) in [5.74, 6) is 0. The van der Waals surface area contributed by atoms with Gasteiger partial charge in [0.2, 0.25) is 0 Å². The van der Waals surface area contributed by atoms with Gasteiger partial charge in [0, 0.05) is 27.5 Å². The molecule has 0 aliphatic heterocycles. The maximum atomic E-state index is 2.53. The van der Waals surface area contributed by atoms with E-state index in [0.29, 0.717) is 0 Å². The van der Waals surface area contributed by atoms with Crippen molar-refractivity contribution in [2.24, 2.45) is 0 Å². The van der Waals surface area contributed by atoms with Crippen molar-refractivity contribution in [3.8, 4) is 33.4 Å². The lowest BCUT2D eigenvalue weighted by Crippen LogP contribution is -2.18. The second kappa shape index (κ2) is 10.0. The van der Waals surface area contributed by atoms with Gasteiger partial charge < -0.3 is 4.90 Å². The Morgan fingerprint density at radius 1 is 0.383 bits per heavy atom. The van der Waals surface area contributed by atoms with E-state index in [-0.39, 0.29) is 10.8 Å². The quantitative estimate of drug-likeness (QED) is 0.193. The third-order valence-electron chi connectivity index (χ3n) is 10.9. The van der Waals surface area contributed by atoms with Crippen molar-refractivity contribution in [1.82, 2.24) is 0 Å². The lowest BCUT2D eigenvalue weighted by Gasteiger charge is -2.32. The molecule has 0 saturated carbocycles. The molecular formula is C46H37N. The Morgan fingerprint density at radius 3 is 1.70 bits per heavy atom. The van der Waals surface area contributed by atoms with Gasteiger partial charge in [-0.25, -0.2) is 0 Å². The summed E-state index contributed by atoms with van der Waals surface area (Å²) in [6.45, 7) is 9.50. The molecule has 0 amide bonds. The van der Waals surface area contributed by atoms with Crippen molar-refractivity contribution in [2.75, 3.05) is 4.90 Å². The molecule has 9 rings (SSSR count). The average Bonchev–Trinajstić information content (AvgIpc) is 3.48. The molecule has 0 N–H and O–H groups in total. The fourth-order valence-electron chi connectivity index (χ4n) is 8.49. The van der Waals surface area contributed by atoms with Crippen molar-refractivity contribution < 1.29 is 0 Å². The molecule has 0 spiro atoms. The number of fused-ring (bicyclic) bond motifs is 8. The molecule has 7 aromatic rings. The largest absolute Gasteiger partial charge is 0.309 e. The van der Waals surface area contributed by atoms with Crippen LogP contribution in [0.3, 0.4) is 0 Å². The van der Waals surface area contributed by atoms with Gasteiger partial charge >= 0.3 is 0 Å². The summed E-state index contributed by atoms with van der Waals surface area (Å²) in [5, 5.41) is 2.55. The fraction of sp³-hybridized carbons (Fsp3) is 0.130. The van der Waals surface area contributed by atoms with Crippen molar-refractivity contribution in [3.63, 3.8) is 0 Å². The van der Waals surface area contributed by atoms with Crippen LogP contribution in [0, 0.1) is 0 Å². The van der Waals surface area contributed by atoms with Gasteiger partial charge in [0.15, 0.2) is 0 Å². The molecule has 7 aromatic carbocycles. The molecule has 0 aromatic heterocycles. The van der Waals surface area contributed by atoms with Gasteiger partial charge in [-0.15, -0.1) is 0 Å². The van der Waals surface area contributed by atoms with Crippen LogP contribution < -0.4 is 4.90 Å². The number of hydrogen-bond acceptors (Lipinski definition) is 1. The SMILES string of the molecule is CC1(C)c2ccccc2-c2ccc(N(c3ccccc3-c3ccccc3)c3cc4c(c5ccccc35)-c3ccccc3C4(C)C)cc21. The standard InChI is InChI=1S/C46H37N/c1-45(2)38-23-13-10-19-33(38)34-27-26-31(28-40(34)45)47(42-25-15-12-18-32(42)30-16-6-5-7-17-30)43-29-41-44(36-21-9-8-20-35(36)43)37-22-11-14-24-39(37)46(41,3)4/h5-29H,1-4H3. The van der Waals surface area contributed by atoms with E-state index in [1.807, 2.05) is 0 Å². The fourth-order valence-corrected chi connectivity index (χ4v) is 8.49. The molecule has 0 atom stereocenters. The second-order valence-corrected chi connectivity index (χ2v) is 14.2. The maximum absolute atomic E-state index is 2.53. The average molecular weight is 604 g/mol. The molecule has 226 valence electrons. The lowest BCUT2D eigenvalue weighted by molar-refractivity contribution is 0.660. The summed E-state index contributed by atoms with van der Waals surface area (Å²) in [5.41, 5.74) is 16.7. The summed E-state index contributed by atoms with van der Waals surface area (Å²) in [6.07, 6.45) is 0. The molecular weight excluding hydrogens is 567 g/mol. The third-order valence-corrected chi connectivity index (χ3v) is 10.9. The highest BCUT2D eigenvalue weighted by molar-refractivity contribution is 6.10. The normalized spacial score (nSPS) is 14.7. The predicted octanol–water partition coefficient (Wildman–Crippen LogP) is 12.6. The van der Waals surface area contributed by atoms with Crippen LogP contribution in [-0.4, -0.2) is 0 Å². The van der Waals surface area contributed by atoms with Crippen molar-refractivity contribution in [2.45, 2.75) is 38.5 Å². The minimum Gasteiger partial charge on any atom is -0.309 e. The number of para-hydroxylation sites is 1. The van der Waals surface area contributed by atoms with E-state index >= 15 is 0 Å². The Bertz CT molecular complexity index is 2360. The number of nitrogens with zero attached hydrogens (tertiary/aromatic N) is 1. The monoisotopic (exact) mass is 603 g/mol. The van der Waals surface area contributed by atoms with Gasteiger partial charge in [-0.3, -0.25) is 0 Å². The highest BCUT2D eigenvalue weighted by atomic mass is 15.1. The van der Waals surface area contributed by atoms with Gasteiger partial charge in [0.05, 0.1) is 11.4 Å². The van der Waals surface area contributed by atoms with E-state index in [1.54, 1.807) is 0 Å². The van der Waals surface area contributed by atoms with Crippen LogP contribution in [0.2, 0.25) is 0 Å². The zero-order valence-corrected chi connectivity index (χ0v) is 27.4. The van der Waals surface area contributed by atoms with Gasteiger partial charge in [-0.2, -0.15) is 0 Å². The minimum absolute atomic E-state index is 0.101. The van der Waals surface area contributed by atoms with Crippen LogP contribution in [0.5, 0.6) is 0 Å². The summed E-state index contributed by atoms with van der Waals surface area (Å²) < 4.78 is 0. The van der Waals surface area contributed by atoms with Gasteiger partial charge in [0.1, 0.15) is 0 Å². The third kappa shape index (κ3) is 3.96. The van der Waals surface area contributed by atoms with Crippen LogP contribution in [0.15, 0.2) is 152 Å². The molecule has 1 nitrogen and oxygen atoms in total. The van der Waals surface area contributed by atoms with E-state index in [9.17, 15) is 0 Å². The highest BCUT2D eigenvalue weighted by Gasteiger charge is 2.39. The first-order chi connectivity index (χ1) is 22.9. The molecule has 0 radical (unpaired) electrons. The van der Waals surface area contributed by atoms with Crippen molar-refractivity contribution in [3.05, 3.63) is 174 Å². The lowest BCUT2D eigenvalue weighted by atomic mass is 9.81. The van der Waals surface area contributed by atoms with E-state index in [0.717, 1.165) is 0 Å². The molecule has 0 saturated heterocycles. The predicted molar refractivity (Wildman–Crippen MR) is 199 cm³/mol. The summed E-state index contributed by atoms with van der Waals surface area (Å²) in [6, 6.07) is 56.2. The second-order valence-electron chi connectivity index (χ2n) is 14.2. The van der Waals surface area contributed by atoms with Crippen LogP contribution in [-0.2, 0) is 10.8 Å². The summed E-state index contributed by atoms with van der Waals surface area (Å²) in [4.78, 5) is 2.53. The Morgan fingerprint density at radius 2 is 0.936 bits per heavy atom. The zero-order valence-electron chi connectivity index (χ0n) is 27.4. The van der Waals surface area contributed by atoms with Crippen LogP contribution in [0.4, 0.5) is 17.1 Å². The Labute approximate surface area is 277 Å². The molecule has 1 heteroatoms. The first kappa shape index (κ1) is 27.9. The van der Waals surface area contributed by atoms with E-state index in [4.69, 9.17) is 0 Å². The molecule has 0 bridgehead atoms. The first-order valence-corrected chi connectivity index (χ1v) is 16.7. The Hall–Kier alpha value is -5.40. The van der Waals surface area contributed by atoms with E-state index in [2.05, 4.69) is 184 Å². The first-order valence-electron chi connectivity index (χ1n) is 16.7. The smallest absolute Gasteiger partial charge is 0.0543 e. The van der Waals surface area contributed by atoms with Crippen molar-refractivity contribution >= 4 is 27.8 Å². The molecule has 0 heterocycles. The Kier molecular flexibility index (Phi) is 5.96. The van der Waals surface area contributed by atoms with E-state index in [1.165, 1.54) is 83.5 Å². The summed E-state index contributed by atoms with van der Waals surface area (Å²) in [7, 11) is 0. The summed E-state index contributed by atoms with van der Waals surface area (Å²) >= 11 is 0.